The zero-order valence-electron chi connectivity index (χ0n) is 12.8. The summed E-state index contributed by atoms with van der Waals surface area (Å²) in [6.07, 6.45) is 1.96. The molecule has 0 aliphatic carbocycles. The Morgan fingerprint density at radius 2 is 2.17 bits per heavy atom. The molecule has 128 valence electrons. The summed E-state index contributed by atoms with van der Waals surface area (Å²) < 4.78 is 40.9. The van der Waals surface area contributed by atoms with Crippen molar-refractivity contribution in [1.82, 2.24) is 24.6 Å². The fourth-order valence-corrected chi connectivity index (χ4v) is 2.97. The fourth-order valence-electron chi connectivity index (χ4n) is 2.97. The van der Waals surface area contributed by atoms with Crippen LogP contribution in [0.2, 0.25) is 0 Å². The number of likely N-dealkylation sites (tertiary alicyclic amines) is 1. The first-order chi connectivity index (χ1) is 11.4. The van der Waals surface area contributed by atoms with Crippen molar-refractivity contribution in [3.05, 3.63) is 42.2 Å². The minimum atomic E-state index is -4.60. The van der Waals surface area contributed by atoms with Crippen molar-refractivity contribution in [1.29, 1.82) is 0 Å². The van der Waals surface area contributed by atoms with Crippen molar-refractivity contribution >= 4 is 5.91 Å². The van der Waals surface area contributed by atoms with Crippen molar-refractivity contribution < 1.29 is 18.0 Å². The third-order valence-corrected chi connectivity index (χ3v) is 4.07. The van der Waals surface area contributed by atoms with E-state index in [1.54, 1.807) is 11.0 Å². The van der Waals surface area contributed by atoms with Gasteiger partial charge in [0, 0.05) is 32.0 Å². The highest BCUT2D eigenvalue weighted by molar-refractivity contribution is 5.95. The van der Waals surface area contributed by atoms with E-state index in [2.05, 4.69) is 15.1 Å². The Morgan fingerprint density at radius 3 is 2.88 bits per heavy atom. The number of amides is 1. The molecule has 3 heterocycles. The average molecular weight is 339 g/mol. The highest BCUT2D eigenvalue weighted by Crippen LogP contribution is 2.32. The lowest BCUT2D eigenvalue weighted by molar-refractivity contribution is -0.138. The van der Waals surface area contributed by atoms with Gasteiger partial charge in [-0.2, -0.15) is 18.3 Å². The Balaban J connectivity index is 1.75. The monoisotopic (exact) mass is 339 g/mol. The maximum atomic E-state index is 13.1. The molecule has 2 aromatic heterocycles. The molecule has 0 aromatic carbocycles. The molecule has 0 N–H and O–H groups in total. The molecule has 6 nitrogen and oxygen atoms in total. The van der Waals surface area contributed by atoms with E-state index in [1.807, 2.05) is 0 Å². The third-order valence-electron chi connectivity index (χ3n) is 4.07. The maximum Gasteiger partial charge on any atom is 0.418 e. The Morgan fingerprint density at radius 1 is 1.33 bits per heavy atom. The van der Waals surface area contributed by atoms with Gasteiger partial charge >= 0.3 is 6.18 Å². The summed E-state index contributed by atoms with van der Waals surface area (Å²) in [5.41, 5.74) is -1.34. The van der Waals surface area contributed by atoms with Crippen LogP contribution < -0.4 is 0 Å². The Hall–Kier alpha value is -2.45. The van der Waals surface area contributed by atoms with Gasteiger partial charge in [0.25, 0.3) is 5.91 Å². The number of hydrogen-bond acceptors (Lipinski definition) is 4. The normalized spacial score (nSPS) is 18.6. The number of nitrogens with zero attached hydrogens (tertiary/aromatic N) is 5. The third kappa shape index (κ3) is 3.55. The van der Waals surface area contributed by atoms with Crippen molar-refractivity contribution in [3.8, 4) is 0 Å². The average Bonchev–Trinajstić information content (AvgIpc) is 3.06. The summed E-state index contributed by atoms with van der Waals surface area (Å²) in [4.78, 5) is 21.4. The van der Waals surface area contributed by atoms with E-state index in [-0.39, 0.29) is 11.5 Å². The standard InChI is InChI=1S/C15H16F3N5O/c16-15(17,18)13-6-19-4-3-12(13)14(24)22-5-1-2-11(7-22)8-23-10-20-9-21-23/h3-4,6,9-11H,1-2,5,7-8H2/t11-/m0/s1. The van der Waals surface area contributed by atoms with Crippen LogP contribution in [0.4, 0.5) is 13.2 Å². The number of aromatic nitrogens is 4. The molecule has 24 heavy (non-hydrogen) atoms. The number of hydrogen-bond donors (Lipinski definition) is 0. The number of alkyl halides is 3. The van der Waals surface area contributed by atoms with E-state index >= 15 is 0 Å². The summed E-state index contributed by atoms with van der Waals surface area (Å²) in [6, 6.07) is 1.13. The summed E-state index contributed by atoms with van der Waals surface area (Å²) in [6.45, 7) is 1.44. The van der Waals surface area contributed by atoms with E-state index in [9.17, 15) is 18.0 Å². The molecule has 1 saturated heterocycles. The molecule has 0 saturated carbocycles. The van der Waals surface area contributed by atoms with E-state index < -0.39 is 17.6 Å². The lowest BCUT2D eigenvalue weighted by atomic mass is 9.97. The van der Waals surface area contributed by atoms with Crippen LogP contribution >= 0.6 is 0 Å². The molecule has 1 amide bonds. The van der Waals surface area contributed by atoms with Crippen LogP contribution in [0.15, 0.2) is 31.1 Å². The van der Waals surface area contributed by atoms with Crippen LogP contribution in [0, 0.1) is 5.92 Å². The molecular weight excluding hydrogens is 323 g/mol. The summed E-state index contributed by atoms with van der Waals surface area (Å²) in [5, 5.41) is 4.03. The second-order valence-electron chi connectivity index (χ2n) is 5.80. The molecule has 3 rings (SSSR count). The number of piperidine rings is 1. The van der Waals surface area contributed by atoms with Crippen molar-refractivity contribution in [2.75, 3.05) is 13.1 Å². The number of carbonyl (C=O) groups excluding carboxylic acids is 1. The number of halogens is 3. The lowest BCUT2D eigenvalue weighted by Gasteiger charge is -2.33. The number of pyridine rings is 1. The minimum absolute atomic E-state index is 0.139. The highest BCUT2D eigenvalue weighted by Gasteiger charge is 2.37. The second kappa shape index (κ2) is 6.58. The highest BCUT2D eigenvalue weighted by atomic mass is 19.4. The van der Waals surface area contributed by atoms with E-state index in [0.29, 0.717) is 25.8 Å². The first-order valence-corrected chi connectivity index (χ1v) is 7.58. The minimum Gasteiger partial charge on any atom is -0.338 e. The molecule has 0 bridgehead atoms. The molecular formula is C15H16F3N5O. The van der Waals surface area contributed by atoms with Gasteiger partial charge in [0.2, 0.25) is 0 Å². The smallest absolute Gasteiger partial charge is 0.338 e. The van der Waals surface area contributed by atoms with Crippen LogP contribution in [-0.4, -0.2) is 43.6 Å². The van der Waals surface area contributed by atoms with Gasteiger partial charge in [0.05, 0.1) is 11.1 Å². The van der Waals surface area contributed by atoms with Crippen molar-refractivity contribution in [3.63, 3.8) is 0 Å². The Labute approximate surface area is 136 Å². The summed E-state index contributed by atoms with van der Waals surface area (Å²) in [5.74, 6) is -0.464. The summed E-state index contributed by atoms with van der Waals surface area (Å²) in [7, 11) is 0. The zero-order chi connectivity index (χ0) is 17.2. The van der Waals surface area contributed by atoms with Gasteiger partial charge in [-0.15, -0.1) is 0 Å². The number of carbonyl (C=O) groups is 1. The van der Waals surface area contributed by atoms with Crippen molar-refractivity contribution in [2.45, 2.75) is 25.6 Å². The quantitative estimate of drug-likeness (QED) is 0.860. The van der Waals surface area contributed by atoms with Crippen LogP contribution in [0.25, 0.3) is 0 Å². The van der Waals surface area contributed by atoms with Gasteiger partial charge in [-0.1, -0.05) is 0 Å². The lowest BCUT2D eigenvalue weighted by Crippen LogP contribution is -2.41. The molecule has 9 heteroatoms. The van der Waals surface area contributed by atoms with E-state index in [0.717, 1.165) is 18.9 Å². The predicted octanol–water partition coefficient (Wildman–Crippen LogP) is 2.24. The molecule has 1 aliphatic heterocycles. The maximum absolute atomic E-state index is 13.1. The Bertz CT molecular complexity index is 701. The molecule has 2 aromatic rings. The predicted molar refractivity (Wildman–Crippen MR) is 77.9 cm³/mol. The van der Waals surface area contributed by atoms with Crippen molar-refractivity contribution in [2.24, 2.45) is 5.92 Å². The first-order valence-electron chi connectivity index (χ1n) is 7.58. The van der Waals surface area contributed by atoms with Gasteiger partial charge < -0.3 is 4.90 Å². The Kier molecular flexibility index (Phi) is 4.50. The van der Waals surface area contributed by atoms with Crippen LogP contribution in [0.3, 0.4) is 0 Å². The van der Waals surface area contributed by atoms with E-state index in [4.69, 9.17) is 0 Å². The van der Waals surface area contributed by atoms with Crippen LogP contribution in [-0.2, 0) is 12.7 Å². The SMILES string of the molecule is O=C(c1ccncc1C(F)(F)F)N1CCC[C@H](Cn2cncn2)C1. The molecule has 1 fully saturated rings. The second-order valence-corrected chi connectivity index (χ2v) is 5.80. The van der Waals surface area contributed by atoms with E-state index in [1.165, 1.54) is 17.4 Å². The largest absolute Gasteiger partial charge is 0.418 e. The topological polar surface area (TPSA) is 63.9 Å². The van der Waals surface area contributed by atoms with Gasteiger partial charge in [0.15, 0.2) is 0 Å². The van der Waals surface area contributed by atoms with Gasteiger partial charge in [-0.3, -0.25) is 14.5 Å². The number of rotatable bonds is 3. The molecule has 1 aliphatic rings. The van der Waals surface area contributed by atoms with Gasteiger partial charge in [-0.25, -0.2) is 4.98 Å². The van der Waals surface area contributed by atoms with Gasteiger partial charge in [-0.05, 0) is 24.8 Å². The fraction of sp³-hybridized carbons (Fsp3) is 0.467. The molecule has 1 atom stereocenters. The van der Waals surface area contributed by atoms with Gasteiger partial charge in [0.1, 0.15) is 12.7 Å². The molecule has 0 spiro atoms. The zero-order valence-corrected chi connectivity index (χ0v) is 12.8. The molecule has 0 radical (unpaired) electrons. The van der Waals surface area contributed by atoms with Crippen LogP contribution in [0.5, 0.6) is 0 Å². The molecule has 0 unspecified atom stereocenters. The van der Waals surface area contributed by atoms with Crippen LogP contribution in [0.1, 0.15) is 28.8 Å². The summed E-state index contributed by atoms with van der Waals surface area (Å²) >= 11 is 0. The first kappa shape index (κ1) is 16.4.